The van der Waals surface area contributed by atoms with Gasteiger partial charge in [0.15, 0.2) is 0 Å². The predicted molar refractivity (Wildman–Crippen MR) is 100 cm³/mol. The number of benzene rings is 1. The van der Waals surface area contributed by atoms with Crippen molar-refractivity contribution in [1.29, 1.82) is 0 Å². The Kier molecular flexibility index (Phi) is 6.24. The predicted octanol–water partition coefficient (Wildman–Crippen LogP) is 2.47. The van der Waals surface area contributed by atoms with Crippen LogP contribution in [-0.4, -0.2) is 45.0 Å². The highest BCUT2D eigenvalue weighted by molar-refractivity contribution is 7.89. The van der Waals surface area contributed by atoms with Crippen LogP contribution in [0, 0.1) is 5.92 Å². The van der Waals surface area contributed by atoms with E-state index in [0.29, 0.717) is 26.2 Å². The van der Waals surface area contributed by atoms with Crippen LogP contribution in [0.25, 0.3) is 11.1 Å². The molecule has 6 nitrogen and oxygen atoms in total. The monoisotopic (exact) mass is 376 g/mol. The third kappa shape index (κ3) is 5.03. The molecule has 0 aliphatic carbocycles. The van der Waals surface area contributed by atoms with E-state index in [2.05, 4.69) is 9.71 Å². The van der Waals surface area contributed by atoms with Gasteiger partial charge in [-0.3, -0.25) is 4.98 Å². The first-order valence-corrected chi connectivity index (χ1v) is 10.4. The summed E-state index contributed by atoms with van der Waals surface area (Å²) in [5, 5.41) is 0. The molecule has 1 N–H and O–H groups in total. The van der Waals surface area contributed by atoms with Gasteiger partial charge in [0, 0.05) is 31.0 Å². The normalized spacial score (nSPS) is 20.7. The van der Waals surface area contributed by atoms with Gasteiger partial charge in [0.05, 0.1) is 19.0 Å². The Morgan fingerprint density at radius 3 is 2.73 bits per heavy atom. The van der Waals surface area contributed by atoms with Crippen molar-refractivity contribution < 1.29 is 17.9 Å². The van der Waals surface area contributed by atoms with Crippen molar-refractivity contribution in [3.63, 3.8) is 0 Å². The van der Waals surface area contributed by atoms with E-state index in [0.717, 1.165) is 16.9 Å². The molecule has 26 heavy (non-hydrogen) atoms. The van der Waals surface area contributed by atoms with Crippen molar-refractivity contribution in [2.24, 2.45) is 5.92 Å². The van der Waals surface area contributed by atoms with Crippen molar-refractivity contribution in [3.8, 4) is 16.9 Å². The van der Waals surface area contributed by atoms with E-state index in [1.165, 1.54) is 0 Å². The number of pyridine rings is 1. The summed E-state index contributed by atoms with van der Waals surface area (Å²) in [6, 6.07) is 11.6. The van der Waals surface area contributed by atoms with Crippen LogP contribution in [0.2, 0.25) is 0 Å². The minimum Gasteiger partial charge on any atom is -0.493 e. The maximum Gasteiger partial charge on any atom is 0.211 e. The summed E-state index contributed by atoms with van der Waals surface area (Å²) in [5.74, 6) is 0.816. The van der Waals surface area contributed by atoms with Crippen molar-refractivity contribution in [2.45, 2.75) is 19.4 Å². The maximum absolute atomic E-state index is 11.9. The molecular weight excluding hydrogens is 352 g/mol. The first kappa shape index (κ1) is 18.8. The third-order valence-electron chi connectivity index (χ3n) is 4.50. The lowest BCUT2D eigenvalue weighted by atomic mass is 9.98. The highest BCUT2D eigenvalue weighted by Crippen LogP contribution is 2.23. The smallest absolute Gasteiger partial charge is 0.211 e. The van der Waals surface area contributed by atoms with Crippen molar-refractivity contribution >= 4 is 10.0 Å². The van der Waals surface area contributed by atoms with E-state index < -0.39 is 10.0 Å². The van der Waals surface area contributed by atoms with Crippen LogP contribution >= 0.6 is 0 Å². The van der Waals surface area contributed by atoms with Crippen LogP contribution in [-0.2, 0) is 14.8 Å². The molecule has 1 aromatic carbocycles. The average molecular weight is 376 g/mol. The minimum absolute atomic E-state index is 0.0110. The topological polar surface area (TPSA) is 77.5 Å². The summed E-state index contributed by atoms with van der Waals surface area (Å²) in [6.45, 7) is 3.10. The molecule has 1 aliphatic heterocycles. The number of hydrogen-bond donors (Lipinski definition) is 1. The molecule has 2 aromatic rings. The van der Waals surface area contributed by atoms with Crippen molar-refractivity contribution in [1.82, 2.24) is 9.71 Å². The summed E-state index contributed by atoms with van der Waals surface area (Å²) in [7, 11) is -3.24. The second-order valence-corrected chi connectivity index (χ2v) is 8.37. The Bertz CT molecular complexity index is 794. The van der Waals surface area contributed by atoms with Gasteiger partial charge in [0.1, 0.15) is 5.75 Å². The first-order valence-electron chi connectivity index (χ1n) is 8.78. The van der Waals surface area contributed by atoms with Crippen LogP contribution in [0.1, 0.15) is 13.3 Å². The average Bonchev–Trinajstić information content (AvgIpc) is 2.68. The Labute approximate surface area is 154 Å². The molecule has 1 aromatic heterocycles. The Morgan fingerprint density at radius 1 is 1.23 bits per heavy atom. The van der Waals surface area contributed by atoms with E-state index in [1.54, 1.807) is 13.1 Å². The summed E-state index contributed by atoms with van der Waals surface area (Å²) in [5.41, 5.74) is 2.12. The molecule has 0 bridgehead atoms. The molecule has 0 spiro atoms. The van der Waals surface area contributed by atoms with Gasteiger partial charge < -0.3 is 9.47 Å². The van der Waals surface area contributed by atoms with E-state index in [4.69, 9.17) is 9.47 Å². The first-order chi connectivity index (χ1) is 12.6. The van der Waals surface area contributed by atoms with Crippen LogP contribution in [0.5, 0.6) is 5.75 Å². The van der Waals surface area contributed by atoms with E-state index in [1.807, 2.05) is 42.6 Å². The van der Waals surface area contributed by atoms with Gasteiger partial charge in [-0.05, 0) is 42.7 Å². The lowest BCUT2D eigenvalue weighted by Crippen LogP contribution is -2.47. The number of nitrogens with one attached hydrogen (secondary N) is 1. The van der Waals surface area contributed by atoms with Crippen molar-refractivity contribution in [2.75, 3.05) is 25.6 Å². The fraction of sp³-hybridized carbons (Fsp3) is 0.421. The van der Waals surface area contributed by atoms with Gasteiger partial charge in [-0.1, -0.05) is 18.2 Å². The maximum atomic E-state index is 11.9. The van der Waals surface area contributed by atoms with Crippen LogP contribution < -0.4 is 9.46 Å². The molecule has 140 valence electrons. The third-order valence-corrected chi connectivity index (χ3v) is 5.92. The molecule has 0 radical (unpaired) electrons. The number of sulfonamides is 1. The molecule has 3 rings (SSSR count). The van der Waals surface area contributed by atoms with Crippen LogP contribution in [0.15, 0.2) is 48.8 Å². The zero-order valence-corrected chi connectivity index (χ0v) is 15.6. The Balaban J connectivity index is 1.60. The molecule has 7 heteroatoms. The number of rotatable bonds is 7. The number of ether oxygens (including phenoxy) is 2. The molecule has 0 saturated carbocycles. The highest BCUT2D eigenvalue weighted by Gasteiger charge is 2.29. The van der Waals surface area contributed by atoms with Gasteiger partial charge >= 0.3 is 0 Å². The van der Waals surface area contributed by atoms with E-state index in [-0.39, 0.29) is 17.7 Å². The number of aromatic nitrogens is 1. The zero-order chi connectivity index (χ0) is 18.4. The summed E-state index contributed by atoms with van der Waals surface area (Å²) in [6.07, 6.45) is 4.23. The lowest BCUT2D eigenvalue weighted by Gasteiger charge is -2.31. The molecule has 2 atom stereocenters. The van der Waals surface area contributed by atoms with E-state index in [9.17, 15) is 8.42 Å². The molecule has 1 fully saturated rings. The second-order valence-electron chi connectivity index (χ2n) is 6.33. The minimum atomic E-state index is -3.24. The zero-order valence-electron chi connectivity index (χ0n) is 14.8. The van der Waals surface area contributed by atoms with Gasteiger partial charge in [0.2, 0.25) is 10.0 Å². The van der Waals surface area contributed by atoms with Gasteiger partial charge in [-0.25, -0.2) is 13.1 Å². The second kappa shape index (κ2) is 8.62. The molecular formula is C19H24N2O4S. The molecule has 0 amide bonds. The number of nitrogens with zero attached hydrogens (tertiary/aromatic N) is 1. The van der Waals surface area contributed by atoms with Gasteiger partial charge in [-0.15, -0.1) is 0 Å². The van der Waals surface area contributed by atoms with Crippen LogP contribution in [0.3, 0.4) is 0 Å². The molecule has 1 saturated heterocycles. The fourth-order valence-electron chi connectivity index (χ4n) is 2.91. The summed E-state index contributed by atoms with van der Waals surface area (Å²) < 4.78 is 37.9. The SMILES string of the molecule is CCS(=O)(=O)NC1CCOCC1COc1ccc(-c2cccnc2)cc1. The summed E-state index contributed by atoms with van der Waals surface area (Å²) >= 11 is 0. The highest BCUT2D eigenvalue weighted by atomic mass is 32.2. The van der Waals surface area contributed by atoms with Gasteiger partial charge in [0.25, 0.3) is 0 Å². The largest absolute Gasteiger partial charge is 0.493 e. The Hall–Kier alpha value is -1.96. The fourth-order valence-corrected chi connectivity index (χ4v) is 3.85. The molecule has 1 aliphatic rings. The Morgan fingerprint density at radius 2 is 2.04 bits per heavy atom. The lowest BCUT2D eigenvalue weighted by molar-refractivity contribution is 0.0186. The quantitative estimate of drug-likeness (QED) is 0.803. The van der Waals surface area contributed by atoms with Crippen LogP contribution in [0.4, 0.5) is 0 Å². The molecule has 2 heterocycles. The number of hydrogen-bond acceptors (Lipinski definition) is 5. The van der Waals surface area contributed by atoms with Crippen molar-refractivity contribution in [3.05, 3.63) is 48.8 Å². The standard InChI is InChI=1S/C19H24N2O4S/c1-2-26(22,23)21-19-9-11-24-13-17(19)14-25-18-7-5-15(6-8-18)16-4-3-10-20-12-16/h3-8,10,12,17,19,21H,2,9,11,13-14H2,1H3. The summed E-state index contributed by atoms with van der Waals surface area (Å²) in [4.78, 5) is 4.12. The van der Waals surface area contributed by atoms with Gasteiger partial charge in [-0.2, -0.15) is 0 Å². The van der Waals surface area contributed by atoms with E-state index >= 15 is 0 Å². The molecule has 2 unspecified atom stereocenters.